The number of rotatable bonds is 12. The van der Waals surface area contributed by atoms with Gasteiger partial charge in [0.25, 0.3) is 0 Å². The predicted molar refractivity (Wildman–Crippen MR) is 160 cm³/mol. The third-order valence-corrected chi connectivity index (χ3v) is 6.79. The van der Waals surface area contributed by atoms with E-state index in [4.69, 9.17) is 9.47 Å². The van der Waals surface area contributed by atoms with Crippen LogP contribution in [0.2, 0.25) is 0 Å². The van der Waals surface area contributed by atoms with Crippen LogP contribution < -0.4 is 20.3 Å². The molecule has 3 aromatic carbocycles. The summed E-state index contributed by atoms with van der Waals surface area (Å²) in [5.74, 6) is 0.677. The molecule has 11 heteroatoms. The number of nitrogens with one attached hydrogen (secondary N) is 2. The number of aromatic nitrogens is 2. The topological polar surface area (TPSA) is 109 Å². The number of hydrogen-bond donors (Lipinski definition) is 2. The molecule has 0 radical (unpaired) electrons. The molecule has 1 atom stereocenters. The SMILES string of the molecule is O=C(CN1CCN(c2ncccn2)CC1)NC(COCc1ccccc1)C(=O)Nc1ccc(Oc2ccc(F)cc2)cc1. The molecule has 222 valence electrons. The molecule has 2 amide bonds. The Balaban J connectivity index is 1.16. The van der Waals surface area contributed by atoms with E-state index in [1.807, 2.05) is 35.2 Å². The number of benzene rings is 3. The van der Waals surface area contributed by atoms with Gasteiger partial charge in [0, 0.05) is 44.3 Å². The van der Waals surface area contributed by atoms with Gasteiger partial charge in [-0.05, 0) is 60.2 Å². The summed E-state index contributed by atoms with van der Waals surface area (Å²) < 4.78 is 24.7. The third-order valence-electron chi connectivity index (χ3n) is 6.79. The van der Waals surface area contributed by atoms with Crippen LogP contribution in [0, 0.1) is 5.82 Å². The van der Waals surface area contributed by atoms with Gasteiger partial charge in [0.2, 0.25) is 17.8 Å². The number of anilines is 2. The molecule has 5 rings (SSSR count). The van der Waals surface area contributed by atoms with Gasteiger partial charge in [-0.25, -0.2) is 14.4 Å². The molecule has 0 spiro atoms. The number of amides is 2. The fourth-order valence-electron chi connectivity index (χ4n) is 4.53. The molecular formula is C32H33FN6O4. The number of halogens is 1. The van der Waals surface area contributed by atoms with Crippen molar-refractivity contribution in [3.05, 3.63) is 109 Å². The summed E-state index contributed by atoms with van der Waals surface area (Å²) in [4.78, 5) is 39.0. The van der Waals surface area contributed by atoms with Crippen molar-refractivity contribution in [2.75, 3.05) is 49.5 Å². The molecular weight excluding hydrogens is 551 g/mol. The van der Waals surface area contributed by atoms with E-state index in [2.05, 4.69) is 25.5 Å². The van der Waals surface area contributed by atoms with Gasteiger partial charge in [0.15, 0.2) is 0 Å². The van der Waals surface area contributed by atoms with E-state index in [9.17, 15) is 14.0 Å². The lowest BCUT2D eigenvalue weighted by Gasteiger charge is -2.34. The molecule has 0 saturated carbocycles. The van der Waals surface area contributed by atoms with Crippen LogP contribution in [0.4, 0.5) is 16.0 Å². The van der Waals surface area contributed by atoms with E-state index < -0.39 is 11.9 Å². The van der Waals surface area contributed by atoms with E-state index in [0.717, 1.165) is 5.56 Å². The molecule has 1 aliphatic rings. The van der Waals surface area contributed by atoms with Crippen molar-refractivity contribution < 1.29 is 23.5 Å². The zero-order chi connectivity index (χ0) is 29.9. The van der Waals surface area contributed by atoms with E-state index in [1.54, 1.807) is 42.7 Å². The molecule has 10 nitrogen and oxygen atoms in total. The quantitative estimate of drug-likeness (QED) is 0.258. The van der Waals surface area contributed by atoms with E-state index in [0.29, 0.717) is 55.9 Å². The third kappa shape index (κ3) is 9.06. The fourth-order valence-corrected chi connectivity index (χ4v) is 4.53. The average Bonchev–Trinajstić information content (AvgIpc) is 3.04. The van der Waals surface area contributed by atoms with Crippen LogP contribution in [-0.4, -0.2) is 72.1 Å². The zero-order valence-corrected chi connectivity index (χ0v) is 23.6. The predicted octanol–water partition coefficient (Wildman–Crippen LogP) is 3.87. The highest BCUT2D eigenvalue weighted by atomic mass is 19.1. The number of hydrogen-bond acceptors (Lipinski definition) is 8. The summed E-state index contributed by atoms with van der Waals surface area (Å²) in [6.45, 7) is 3.18. The molecule has 1 aliphatic heterocycles. The summed E-state index contributed by atoms with van der Waals surface area (Å²) in [5.41, 5.74) is 1.49. The van der Waals surface area contributed by atoms with Crippen molar-refractivity contribution in [1.82, 2.24) is 20.2 Å². The molecule has 43 heavy (non-hydrogen) atoms. The Morgan fingerprint density at radius 3 is 2.16 bits per heavy atom. The van der Waals surface area contributed by atoms with E-state index in [1.165, 1.54) is 24.3 Å². The highest BCUT2D eigenvalue weighted by molar-refractivity contribution is 5.97. The number of nitrogens with zero attached hydrogens (tertiary/aromatic N) is 4. The summed E-state index contributed by atoms with van der Waals surface area (Å²) in [7, 11) is 0. The number of piperazine rings is 1. The standard InChI is InChI=1S/C32H33FN6O4/c33-25-7-11-27(12-8-25)43-28-13-9-26(10-14-28)36-31(41)29(23-42-22-24-5-2-1-3-6-24)37-30(40)21-38-17-19-39(20-18-38)32-34-15-4-16-35-32/h1-16,29H,17-23H2,(H,36,41)(H,37,40). The lowest BCUT2D eigenvalue weighted by molar-refractivity contribution is -0.128. The molecule has 1 aromatic heterocycles. The Kier molecular flexibility index (Phi) is 10.2. The number of carbonyl (C=O) groups is 2. The minimum absolute atomic E-state index is 0.00263. The molecule has 1 fully saturated rings. The Morgan fingerprint density at radius 2 is 1.49 bits per heavy atom. The molecule has 0 bridgehead atoms. The van der Waals surface area contributed by atoms with Crippen molar-refractivity contribution >= 4 is 23.5 Å². The maximum Gasteiger partial charge on any atom is 0.249 e. The Hall–Kier alpha value is -4.87. The van der Waals surface area contributed by atoms with Crippen molar-refractivity contribution in [1.29, 1.82) is 0 Å². The summed E-state index contributed by atoms with van der Waals surface area (Å²) in [6.07, 6.45) is 3.42. The van der Waals surface area contributed by atoms with Gasteiger partial charge in [-0.3, -0.25) is 14.5 Å². The summed E-state index contributed by atoms with van der Waals surface area (Å²) in [6, 6.07) is 23.0. The second-order valence-corrected chi connectivity index (χ2v) is 10.0. The zero-order valence-electron chi connectivity index (χ0n) is 23.6. The lowest BCUT2D eigenvalue weighted by Crippen LogP contribution is -2.53. The Labute approximate surface area is 249 Å². The van der Waals surface area contributed by atoms with Crippen LogP contribution in [0.3, 0.4) is 0 Å². The van der Waals surface area contributed by atoms with E-state index in [-0.39, 0.29) is 24.9 Å². The molecule has 2 heterocycles. The van der Waals surface area contributed by atoms with Gasteiger partial charge in [-0.1, -0.05) is 30.3 Å². The summed E-state index contributed by atoms with van der Waals surface area (Å²) in [5, 5.41) is 5.70. The van der Waals surface area contributed by atoms with Crippen LogP contribution in [0.25, 0.3) is 0 Å². The Morgan fingerprint density at radius 1 is 0.837 bits per heavy atom. The first-order chi connectivity index (χ1) is 21.0. The molecule has 1 unspecified atom stereocenters. The molecule has 2 N–H and O–H groups in total. The van der Waals surface area contributed by atoms with Gasteiger partial charge in [0.1, 0.15) is 23.4 Å². The van der Waals surface area contributed by atoms with Crippen molar-refractivity contribution in [2.45, 2.75) is 12.6 Å². The first-order valence-corrected chi connectivity index (χ1v) is 14.0. The molecule has 1 saturated heterocycles. The second kappa shape index (κ2) is 14.9. The largest absolute Gasteiger partial charge is 0.457 e. The smallest absolute Gasteiger partial charge is 0.249 e. The monoisotopic (exact) mass is 584 g/mol. The van der Waals surface area contributed by atoms with Crippen molar-refractivity contribution in [2.24, 2.45) is 0 Å². The number of carbonyl (C=O) groups excluding carboxylic acids is 2. The average molecular weight is 585 g/mol. The van der Waals surface area contributed by atoms with Crippen molar-refractivity contribution in [3.63, 3.8) is 0 Å². The van der Waals surface area contributed by atoms with Crippen LogP contribution >= 0.6 is 0 Å². The maximum atomic E-state index is 13.3. The highest BCUT2D eigenvalue weighted by Gasteiger charge is 2.25. The van der Waals surface area contributed by atoms with Gasteiger partial charge < -0.3 is 25.0 Å². The molecule has 4 aromatic rings. The Bertz CT molecular complexity index is 1450. The second-order valence-electron chi connectivity index (χ2n) is 10.0. The minimum atomic E-state index is -0.912. The summed E-state index contributed by atoms with van der Waals surface area (Å²) >= 11 is 0. The van der Waals surface area contributed by atoms with E-state index >= 15 is 0 Å². The van der Waals surface area contributed by atoms with Gasteiger partial charge in [-0.15, -0.1) is 0 Å². The van der Waals surface area contributed by atoms with Crippen LogP contribution in [0.1, 0.15) is 5.56 Å². The molecule has 0 aliphatic carbocycles. The number of ether oxygens (including phenoxy) is 2. The van der Waals surface area contributed by atoms with Crippen LogP contribution in [0.5, 0.6) is 11.5 Å². The van der Waals surface area contributed by atoms with Gasteiger partial charge in [-0.2, -0.15) is 0 Å². The van der Waals surface area contributed by atoms with Crippen molar-refractivity contribution in [3.8, 4) is 11.5 Å². The maximum absolute atomic E-state index is 13.3. The van der Waals surface area contributed by atoms with Crippen LogP contribution in [0.15, 0.2) is 97.3 Å². The normalized spacial score (nSPS) is 14.1. The fraction of sp³-hybridized carbons (Fsp3) is 0.250. The van der Waals surface area contributed by atoms with Gasteiger partial charge in [0.05, 0.1) is 19.8 Å². The minimum Gasteiger partial charge on any atom is -0.457 e. The van der Waals surface area contributed by atoms with Crippen LogP contribution in [-0.2, 0) is 20.9 Å². The van der Waals surface area contributed by atoms with Gasteiger partial charge >= 0.3 is 0 Å². The highest BCUT2D eigenvalue weighted by Crippen LogP contribution is 2.23. The first-order valence-electron chi connectivity index (χ1n) is 14.0. The first kappa shape index (κ1) is 29.6. The lowest BCUT2D eigenvalue weighted by atomic mass is 10.2.